The smallest absolute Gasteiger partial charge is 0.118 e. The quantitative estimate of drug-likeness (QED) is 0.623. The molecular formula is C12H12O. The Morgan fingerprint density at radius 2 is 1.92 bits per heavy atom. The number of benzene rings is 1. The molecule has 0 spiro atoms. The van der Waals surface area contributed by atoms with Gasteiger partial charge in [-0.3, -0.25) is 0 Å². The van der Waals surface area contributed by atoms with Crippen molar-refractivity contribution in [3.63, 3.8) is 0 Å². The molecule has 0 aromatic heterocycles. The van der Waals surface area contributed by atoms with Gasteiger partial charge in [0.05, 0.1) is 7.11 Å². The second kappa shape index (κ2) is 5.05. The highest BCUT2D eigenvalue weighted by molar-refractivity contribution is 5.53. The van der Waals surface area contributed by atoms with Crippen molar-refractivity contribution in [3.8, 4) is 17.6 Å². The first-order valence-electron chi connectivity index (χ1n) is 4.09. The minimum absolute atomic E-state index is 0.874. The van der Waals surface area contributed by atoms with Gasteiger partial charge < -0.3 is 4.74 Å². The molecule has 0 N–H and O–H groups in total. The van der Waals surface area contributed by atoms with Gasteiger partial charge in [-0.25, -0.2) is 0 Å². The summed E-state index contributed by atoms with van der Waals surface area (Å²) in [7, 11) is 1.66. The second-order valence-corrected chi connectivity index (χ2v) is 2.50. The van der Waals surface area contributed by atoms with Crippen LogP contribution in [0.1, 0.15) is 12.5 Å². The highest BCUT2D eigenvalue weighted by Gasteiger charge is 1.88. The molecule has 0 aliphatic carbocycles. The summed E-state index contributed by atoms with van der Waals surface area (Å²) >= 11 is 0. The molecule has 0 bridgehead atoms. The van der Waals surface area contributed by atoms with Crippen LogP contribution < -0.4 is 4.74 Å². The zero-order chi connectivity index (χ0) is 9.52. The van der Waals surface area contributed by atoms with Gasteiger partial charge in [-0.15, -0.1) is 5.92 Å². The number of allylic oxidation sites excluding steroid dienone is 1. The Balaban J connectivity index is 2.73. The van der Waals surface area contributed by atoms with Gasteiger partial charge in [-0.05, 0) is 36.8 Å². The van der Waals surface area contributed by atoms with Crippen LogP contribution in [-0.4, -0.2) is 7.11 Å². The topological polar surface area (TPSA) is 9.23 Å². The van der Waals surface area contributed by atoms with E-state index < -0.39 is 0 Å². The maximum atomic E-state index is 5.04. The molecule has 0 aliphatic rings. The summed E-state index contributed by atoms with van der Waals surface area (Å²) in [6, 6.07) is 7.84. The van der Waals surface area contributed by atoms with E-state index in [0.29, 0.717) is 0 Å². The van der Waals surface area contributed by atoms with Crippen LogP contribution in [0.3, 0.4) is 0 Å². The summed E-state index contributed by atoms with van der Waals surface area (Å²) in [6.07, 6.45) is 3.80. The van der Waals surface area contributed by atoms with Crippen LogP contribution in [0, 0.1) is 11.8 Å². The maximum absolute atomic E-state index is 5.04. The summed E-state index contributed by atoms with van der Waals surface area (Å²) in [6.45, 7) is 1.82. The van der Waals surface area contributed by atoms with Crippen molar-refractivity contribution in [2.24, 2.45) is 0 Å². The first-order chi connectivity index (χ1) is 6.36. The monoisotopic (exact) mass is 172 g/mol. The molecule has 0 amide bonds. The lowest BCUT2D eigenvalue weighted by molar-refractivity contribution is 0.415. The van der Waals surface area contributed by atoms with E-state index in [9.17, 15) is 0 Å². The first kappa shape index (κ1) is 9.41. The molecule has 0 heterocycles. The molecule has 1 aromatic carbocycles. The standard InChI is InChI=1S/C12H12O/c1-3-4-5-6-11-7-9-12(13-2)10-8-11/h5-10H,1-2H3/b6-5+. The Morgan fingerprint density at radius 3 is 2.46 bits per heavy atom. The predicted octanol–water partition coefficient (Wildman–Crippen LogP) is 2.73. The SMILES string of the molecule is CC#C/C=C/c1ccc(OC)cc1. The zero-order valence-corrected chi connectivity index (χ0v) is 7.87. The Morgan fingerprint density at radius 1 is 1.23 bits per heavy atom. The second-order valence-electron chi connectivity index (χ2n) is 2.50. The molecule has 1 rings (SSSR count). The molecule has 0 saturated heterocycles. The fraction of sp³-hybridized carbons (Fsp3) is 0.167. The van der Waals surface area contributed by atoms with Gasteiger partial charge in [0, 0.05) is 0 Å². The summed E-state index contributed by atoms with van der Waals surface area (Å²) < 4.78 is 5.04. The molecule has 1 nitrogen and oxygen atoms in total. The Hall–Kier alpha value is -1.68. The van der Waals surface area contributed by atoms with E-state index in [1.807, 2.05) is 43.3 Å². The lowest BCUT2D eigenvalue weighted by Gasteiger charge is -1.98. The highest BCUT2D eigenvalue weighted by Crippen LogP contribution is 2.11. The average Bonchev–Trinajstić information content (AvgIpc) is 2.19. The predicted molar refractivity (Wildman–Crippen MR) is 55.5 cm³/mol. The number of methoxy groups -OCH3 is 1. The molecule has 1 aromatic rings. The van der Waals surface area contributed by atoms with E-state index >= 15 is 0 Å². The van der Waals surface area contributed by atoms with E-state index in [0.717, 1.165) is 11.3 Å². The van der Waals surface area contributed by atoms with Crippen LogP contribution in [0.15, 0.2) is 30.3 Å². The molecule has 0 unspecified atom stereocenters. The van der Waals surface area contributed by atoms with Crippen molar-refractivity contribution >= 4 is 6.08 Å². The van der Waals surface area contributed by atoms with Crippen molar-refractivity contribution in [2.75, 3.05) is 7.11 Å². The highest BCUT2D eigenvalue weighted by atomic mass is 16.5. The molecule has 0 saturated carbocycles. The van der Waals surface area contributed by atoms with Gasteiger partial charge in [0.25, 0.3) is 0 Å². The zero-order valence-electron chi connectivity index (χ0n) is 7.87. The summed E-state index contributed by atoms with van der Waals surface area (Å²) in [5.41, 5.74) is 1.13. The van der Waals surface area contributed by atoms with Crippen molar-refractivity contribution in [1.82, 2.24) is 0 Å². The number of rotatable bonds is 2. The van der Waals surface area contributed by atoms with Crippen molar-refractivity contribution in [3.05, 3.63) is 35.9 Å². The van der Waals surface area contributed by atoms with Crippen LogP contribution in [0.5, 0.6) is 5.75 Å². The third kappa shape index (κ3) is 3.04. The third-order valence-electron chi connectivity index (χ3n) is 1.62. The number of hydrogen-bond donors (Lipinski definition) is 0. The first-order valence-corrected chi connectivity index (χ1v) is 4.09. The lowest BCUT2D eigenvalue weighted by Crippen LogP contribution is -1.81. The Bertz CT molecular complexity index is 336. The van der Waals surface area contributed by atoms with Gasteiger partial charge >= 0.3 is 0 Å². The van der Waals surface area contributed by atoms with E-state index in [-0.39, 0.29) is 0 Å². The van der Waals surface area contributed by atoms with Gasteiger partial charge in [0.1, 0.15) is 5.75 Å². The lowest BCUT2D eigenvalue weighted by atomic mass is 10.2. The minimum Gasteiger partial charge on any atom is -0.497 e. The summed E-state index contributed by atoms with van der Waals surface area (Å²) in [5, 5.41) is 0. The maximum Gasteiger partial charge on any atom is 0.118 e. The van der Waals surface area contributed by atoms with Crippen LogP contribution in [-0.2, 0) is 0 Å². The largest absolute Gasteiger partial charge is 0.497 e. The molecule has 1 heteroatoms. The van der Waals surface area contributed by atoms with Crippen molar-refractivity contribution in [2.45, 2.75) is 6.92 Å². The average molecular weight is 172 g/mol. The molecule has 0 aliphatic heterocycles. The normalized spacial score (nSPS) is 9.38. The summed E-state index contributed by atoms with van der Waals surface area (Å²) in [4.78, 5) is 0. The fourth-order valence-corrected chi connectivity index (χ4v) is 0.936. The molecule has 0 fully saturated rings. The minimum atomic E-state index is 0.874. The third-order valence-corrected chi connectivity index (χ3v) is 1.62. The van der Waals surface area contributed by atoms with Gasteiger partial charge in [-0.2, -0.15) is 0 Å². The van der Waals surface area contributed by atoms with Crippen molar-refractivity contribution < 1.29 is 4.74 Å². The number of ether oxygens (including phenoxy) is 1. The number of hydrogen-bond acceptors (Lipinski definition) is 1. The van der Waals surface area contributed by atoms with Gasteiger partial charge in [0.15, 0.2) is 0 Å². The fourth-order valence-electron chi connectivity index (χ4n) is 0.936. The van der Waals surface area contributed by atoms with Gasteiger partial charge in [-0.1, -0.05) is 18.1 Å². The van der Waals surface area contributed by atoms with Crippen LogP contribution in [0.2, 0.25) is 0 Å². The van der Waals surface area contributed by atoms with E-state index in [1.165, 1.54) is 0 Å². The Kier molecular flexibility index (Phi) is 3.66. The van der Waals surface area contributed by atoms with Crippen LogP contribution in [0.4, 0.5) is 0 Å². The summed E-state index contributed by atoms with van der Waals surface area (Å²) in [5.74, 6) is 6.54. The Labute approximate surface area is 79.0 Å². The molecule has 66 valence electrons. The molecular weight excluding hydrogens is 160 g/mol. The van der Waals surface area contributed by atoms with E-state index in [2.05, 4.69) is 11.8 Å². The van der Waals surface area contributed by atoms with Gasteiger partial charge in [0.2, 0.25) is 0 Å². The molecule has 13 heavy (non-hydrogen) atoms. The molecule has 0 atom stereocenters. The molecule has 0 radical (unpaired) electrons. The van der Waals surface area contributed by atoms with E-state index in [1.54, 1.807) is 7.11 Å². The van der Waals surface area contributed by atoms with Crippen LogP contribution >= 0.6 is 0 Å². The van der Waals surface area contributed by atoms with Crippen LogP contribution in [0.25, 0.3) is 6.08 Å². The van der Waals surface area contributed by atoms with Crippen molar-refractivity contribution in [1.29, 1.82) is 0 Å². The van der Waals surface area contributed by atoms with E-state index in [4.69, 9.17) is 4.74 Å².